The zero-order chi connectivity index (χ0) is 14.9. The van der Waals surface area contributed by atoms with E-state index in [0.717, 1.165) is 30.6 Å². The fourth-order valence-electron chi connectivity index (χ4n) is 2.28. The van der Waals surface area contributed by atoms with Crippen LogP contribution in [0.25, 0.3) is 11.5 Å². The van der Waals surface area contributed by atoms with Crippen molar-refractivity contribution in [3.63, 3.8) is 0 Å². The number of halogens is 1. The van der Waals surface area contributed by atoms with Crippen LogP contribution in [0.3, 0.4) is 0 Å². The number of ether oxygens (including phenoxy) is 1. The molecule has 0 aliphatic heterocycles. The van der Waals surface area contributed by atoms with Gasteiger partial charge in [0.2, 0.25) is 0 Å². The van der Waals surface area contributed by atoms with Crippen LogP contribution in [-0.2, 0) is 5.54 Å². The maximum atomic E-state index is 6.20. The van der Waals surface area contributed by atoms with Crippen molar-refractivity contribution in [3.05, 3.63) is 30.1 Å². The van der Waals surface area contributed by atoms with E-state index >= 15 is 0 Å². The van der Waals surface area contributed by atoms with Gasteiger partial charge in [0, 0.05) is 5.56 Å². The minimum atomic E-state index is -0.387. The molecule has 2 N–H and O–H groups in total. The molecule has 120 valence electrons. The molecule has 3 rings (SSSR count). The molecule has 1 aromatic heterocycles. The Kier molecular flexibility index (Phi) is 5.08. The van der Waals surface area contributed by atoms with Crippen LogP contribution in [-0.4, -0.2) is 16.7 Å². The van der Waals surface area contributed by atoms with E-state index in [9.17, 15) is 0 Å². The van der Waals surface area contributed by atoms with Gasteiger partial charge in [0.25, 0.3) is 5.89 Å². The van der Waals surface area contributed by atoms with Gasteiger partial charge in [0.15, 0.2) is 5.82 Å². The van der Waals surface area contributed by atoms with Crippen molar-refractivity contribution in [2.45, 2.75) is 38.6 Å². The average Bonchev–Trinajstić information content (AvgIpc) is 2.93. The number of hydrogen-bond acceptors (Lipinski definition) is 5. The first kappa shape index (κ1) is 16.8. The molecule has 2 aromatic rings. The van der Waals surface area contributed by atoms with Gasteiger partial charge in [-0.05, 0) is 49.4 Å². The summed E-state index contributed by atoms with van der Waals surface area (Å²) in [5.74, 6) is 2.48. The Morgan fingerprint density at radius 1 is 1.27 bits per heavy atom. The molecule has 1 fully saturated rings. The fraction of sp³-hybridized carbons (Fsp3) is 0.500. The summed E-state index contributed by atoms with van der Waals surface area (Å²) >= 11 is 0. The topological polar surface area (TPSA) is 74.2 Å². The van der Waals surface area contributed by atoms with Gasteiger partial charge in [-0.2, -0.15) is 4.98 Å². The smallest absolute Gasteiger partial charge is 0.257 e. The lowest BCUT2D eigenvalue weighted by Gasteiger charge is -2.34. The Bertz CT molecular complexity index is 606. The molecule has 0 radical (unpaired) electrons. The molecule has 1 aliphatic carbocycles. The first-order chi connectivity index (χ1) is 10.1. The highest BCUT2D eigenvalue weighted by Gasteiger charge is 2.39. The molecule has 0 unspecified atom stereocenters. The van der Waals surface area contributed by atoms with Gasteiger partial charge in [-0.3, -0.25) is 0 Å². The summed E-state index contributed by atoms with van der Waals surface area (Å²) in [6, 6.07) is 7.69. The van der Waals surface area contributed by atoms with E-state index in [1.165, 1.54) is 0 Å². The zero-order valence-electron chi connectivity index (χ0n) is 12.9. The van der Waals surface area contributed by atoms with Gasteiger partial charge >= 0.3 is 0 Å². The molecule has 22 heavy (non-hydrogen) atoms. The van der Waals surface area contributed by atoms with Gasteiger partial charge in [0.05, 0.1) is 12.1 Å². The number of rotatable bonds is 5. The summed E-state index contributed by atoms with van der Waals surface area (Å²) in [4.78, 5) is 4.43. The van der Waals surface area contributed by atoms with Crippen LogP contribution in [0.15, 0.2) is 28.8 Å². The molecule has 0 amide bonds. The second-order valence-corrected chi connectivity index (χ2v) is 6.16. The van der Waals surface area contributed by atoms with Crippen LogP contribution in [0.4, 0.5) is 0 Å². The molecule has 0 bridgehead atoms. The van der Waals surface area contributed by atoms with E-state index in [1.807, 2.05) is 24.3 Å². The SMILES string of the molecule is CC(C)COc1ccc(-c2nc(C3(N)CCC3)no2)cc1.Cl. The molecule has 0 saturated heterocycles. The summed E-state index contributed by atoms with van der Waals surface area (Å²) in [6.45, 7) is 4.95. The predicted octanol–water partition coefficient (Wildman–Crippen LogP) is 3.53. The maximum Gasteiger partial charge on any atom is 0.257 e. The van der Waals surface area contributed by atoms with E-state index in [4.69, 9.17) is 15.0 Å². The molecule has 0 spiro atoms. The third-order valence-corrected chi connectivity index (χ3v) is 3.80. The van der Waals surface area contributed by atoms with Gasteiger partial charge in [-0.15, -0.1) is 12.4 Å². The molecule has 1 heterocycles. The summed E-state index contributed by atoms with van der Waals surface area (Å²) in [6.07, 6.45) is 2.98. The molecular formula is C16H22ClN3O2. The number of aromatic nitrogens is 2. The molecule has 5 nitrogen and oxygen atoms in total. The van der Waals surface area contributed by atoms with Crippen LogP contribution >= 0.6 is 12.4 Å². The molecular weight excluding hydrogens is 302 g/mol. The molecule has 1 aromatic carbocycles. The first-order valence-electron chi connectivity index (χ1n) is 7.43. The van der Waals surface area contributed by atoms with Crippen LogP contribution in [0, 0.1) is 5.92 Å². The Hall–Kier alpha value is -1.59. The van der Waals surface area contributed by atoms with E-state index < -0.39 is 0 Å². The Balaban J connectivity index is 0.00000176. The van der Waals surface area contributed by atoms with Crippen LogP contribution in [0.5, 0.6) is 5.75 Å². The molecule has 6 heteroatoms. The maximum absolute atomic E-state index is 6.20. The third-order valence-electron chi connectivity index (χ3n) is 3.80. The summed E-state index contributed by atoms with van der Waals surface area (Å²) < 4.78 is 11.0. The highest BCUT2D eigenvalue weighted by molar-refractivity contribution is 5.85. The normalized spacial score (nSPS) is 16.0. The third kappa shape index (κ3) is 3.42. The van der Waals surface area contributed by atoms with E-state index in [2.05, 4.69) is 24.0 Å². The van der Waals surface area contributed by atoms with Crippen molar-refractivity contribution in [3.8, 4) is 17.2 Å². The molecule has 1 saturated carbocycles. The lowest BCUT2D eigenvalue weighted by Crippen LogP contribution is -2.44. The van der Waals surface area contributed by atoms with Crippen molar-refractivity contribution in [1.29, 1.82) is 0 Å². The largest absolute Gasteiger partial charge is 0.493 e. The number of benzene rings is 1. The highest BCUT2D eigenvalue weighted by Crippen LogP contribution is 2.37. The van der Waals surface area contributed by atoms with Gasteiger partial charge in [-0.1, -0.05) is 19.0 Å². The monoisotopic (exact) mass is 323 g/mol. The standard InChI is InChI=1S/C16H21N3O2.ClH/c1-11(2)10-20-13-6-4-12(5-7-13)14-18-15(19-21-14)16(17)8-3-9-16;/h4-7,11H,3,8-10,17H2,1-2H3;1H. The van der Waals surface area contributed by atoms with E-state index in [1.54, 1.807) is 0 Å². The summed E-state index contributed by atoms with van der Waals surface area (Å²) in [7, 11) is 0. The first-order valence-corrected chi connectivity index (χ1v) is 7.43. The minimum absolute atomic E-state index is 0. The van der Waals surface area contributed by atoms with E-state index in [0.29, 0.717) is 24.2 Å². The average molecular weight is 324 g/mol. The number of nitrogens with two attached hydrogens (primary N) is 1. The van der Waals surface area contributed by atoms with Gasteiger partial charge in [-0.25, -0.2) is 0 Å². The highest BCUT2D eigenvalue weighted by atomic mass is 35.5. The lowest BCUT2D eigenvalue weighted by atomic mass is 9.77. The van der Waals surface area contributed by atoms with Crippen molar-refractivity contribution >= 4 is 12.4 Å². The van der Waals surface area contributed by atoms with Crippen molar-refractivity contribution in [2.75, 3.05) is 6.61 Å². The van der Waals surface area contributed by atoms with Gasteiger partial charge < -0.3 is 15.0 Å². The predicted molar refractivity (Wildman–Crippen MR) is 87.0 cm³/mol. The van der Waals surface area contributed by atoms with Crippen molar-refractivity contribution in [2.24, 2.45) is 11.7 Å². The Morgan fingerprint density at radius 3 is 2.50 bits per heavy atom. The van der Waals surface area contributed by atoms with Crippen molar-refractivity contribution in [1.82, 2.24) is 10.1 Å². The fourth-order valence-corrected chi connectivity index (χ4v) is 2.28. The quantitative estimate of drug-likeness (QED) is 0.911. The van der Waals surface area contributed by atoms with Crippen LogP contribution in [0.2, 0.25) is 0 Å². The molecule has 0 atom stereocenters. The Labute approximate surface area is 136 Å². The van der Waals surface area contributed by atoms with Crippen LogP contribution in [0.1, 0.15) is 38.9 Å². The molecule has 1 aliphatic rings. The summed E-state index contributed by atoms with van der Waals surface area (Å²) in [5, 5.41) is 4.03. The number of nitrogens with zero attached hydrogens (tertiary/aromatic N) is 2. The number of hydrogen-bond donors (Lipinski definition) is 1. The minimum Gasteiger partial charge on any atom is -0.493 e. The Morgan fingerprint density at radius 2 is 1.95 bits per heavy atom. The van der Waals surface area contributed by atoms with Gasteiger partial charge in [0.1, 0.15) is 5.75 Å². The van der Waals surface area contributed by atoms with Crippen LogP contribution < -0.4 is 10.5 Å². The zero-order valence-corrected chi connectivity index (χ0v) is 13.7. The van der Waals surface area contributed by atoms with Crippen molar-refractivity contribution < 1.29 is 9.26 Å². The lowest BCUT2D eigenvalue weighted by molar-refractivity contribution is 0.229. The summed E-state index contributed by atoms with van der Waals surface area (Å²) in [5.41, 5.74) is 6.70. The second kappa shape index (κ2) is 6.67. The second-order valence-electron chi connectivity index (χ2n) is 6.16. The van der Waals surface area contributed by atoms with E-state index in [-0.39, 0.29) is 17.9 Å².